The van der Waals surface area contributed by atoms with Gasteiger partial charge in [0, 0.05) is 5.56 Å². The minimum Gasteiger partial charge on any atom is -0.496 e. The van der Waals surface area contributed by atoms with Gasteiger partial charge in [0.25, 0.3) is 0 Å². The van der Waals surface area contributed by atoms with E-state index < -0.39 is 5.97 Å². The van der Waals surface area contributed by atoms with E-state index in [1.54, 1.807) is 43.5 Å². The van der Waals surface area contributed by atoms with Crippen molar-refractivity contribution in [2.24, 2.45) is 0 Å². The lowest BCUT2D eigenvalue weighted by Crippen LogP contribution is -2.00. The number of anilines is 1. The topological polar surface area (TPSA) is 78.8 Å². The maximum absolute atomic E-state index is 10.8. The van der Waals surface area contributed by atoms with Gasteiger partial charge >= 0.3 is 5.97 Å². The van der Waals surface area contributed by atoms with E-state index >= 15 is 0 Å². The summed E-state index contributed by atoms with van der Waals surface area (Å²) in [4.78, 5) is 10.8. The second kappa shape index (κ2) is 6.08. The molecule has 0 amide bonds. The minimum absolute atomic E-state index is 0.0467. The number of hydrogen-bond acceptors (Lipinski definition) is 4. The fourth-order valence-electron chi connectivity index (χ4n) is 2.02. The highest BCUT2D eigenvalue weighted by Gasteiger charge is 2.09. The molecule has 104 valence electrons. The first-order valence-corrected chi connectivity index (χ1v) is 6.03. The zero-order valence-electron chi connectivity index (χ0n) is 11.0. The van der Waals surface area contributed by atoms with Crippen LogP contribution in [0.1, 0.15) is 5.56 Å². The highest BCUT2D eigenvalue weighted by atomic mass is 16.5. The van der Waals surface area contributed by atoms with Crippen LogP contribution in [0.5, 0.6) is 5.75 Å². The van der Waals surface area contributed by atoms with E-state index in [9.17, 15) is 4.79 Å². The van der Waals surface area contributed by atoms with Gasteiger partial charge in [-0.25, -0.2) is 0 Å². The van der Waals surface area contributed by atoms with Crippen molar-refractivity contribution in [1.82, 2.24) is 0 Å². The van der Waals surface area contributed by atoms with Crippen molar-refractivity contribution in [2.45, 2.75) is 6.42 Å². The summed E-state index contributed by atoms with van der Waals surface area (Å²) in [6, 6.07) is 12.4. The monoisotopic (exact) mass is 273 g/mol. The van der Waals surface area contributed by atoms with E-state index in [4.69, 9.17) is 15.1 Å². The summed E-state index contributed by atoms with van der Waals surface area (Å²) in [6.07, 6.45) is -0.0467. The molecule has 0 saturated carbocycles. The Morgan fingerprint density at radius 1 is 1.25 bits per heavy atom. The first-order chi connectivity index (χ1) is 9.63. The van der Waals surface area contributed by atoms with E-state index in [-0.39, 0.29) is 6.42 Å². The Hall–Kier alpha value is -2.53. The molecule has 0 saturated heterocycles. The van der Waals surface area contributed by atoms with Gasteiger partial charge in [-0.2, -0.15) is 0 Å². The number of aliphatic carboxylic acids is 1. The number of ether oxygens (including phenoxy) is 1. The average Bonchev–Trinajstić information content (AvgIpc) is 2.46. The molecule has 2 aromatic carbocycles. The minimum atomic E-state index is -0.883. The van der Waals surface area contributed by atoms with Crippen molar-refractivity contribution in [3.05, 3.63) is 48.0 Å². The molecule has 0 aliphatic rings. The molecule has 0 fully saturated rings. The van der Waals surface area contributed by atoms with Gasteiger partial charge in [0.05, 0.1) is 19.2 Å². The lowest BCUT2D eigenvalue weighted by Gasteiger charge is -2.11. The van der Waals surface area contributed by atoms with Gasteiger partial charge in [0.2, 0.25) is 0 Å². The third-order valence-electron chi connectivity index (χ3n) is 2.92. The standard InChI is InChI=1S/C15H15NO4/c1-20-14-6-5-10(8-15(17)18)7-13(14)11-3-2-4-12(9-11)16-19/h2-7,9,16,19H,8H2,1H3,(H,17,18). The number of rotatable bonds is 5. The molecular weight excluding hydrogens is 258 g/mol. The summed E-state index contributed by atoms with van der Waals surface area (Å²) in [5.74, 6) is -0.235. The van der Waals surface area contributed by atoms with Crippen LogP contribution in [0.3, 0.4) is 0 Å². The van der Waals surface area contributed by atoms with Gasteiger partial charge in [-0.1, -0.05) is 18.2 Å². The van der Waals surface area contributed by atoms with Crippen molar-refractivity contribution in [3.8, 4) is 16.9 Å². The highest BCUT2D eigenvalue weighted by Crippen LogP contribution is 2.32. The van der Waals surface area contributed by atoms with Crippen LogP contribution in [0, 0.1) is 0 Å². The number of nitrogens with one attached hydrogen (secondary N) is 1. The molecule has 0 aliphatic heterocycles. The fraction of sp³-hybridized carbons (Fsp3) is 0.133. The Bertz CT molecular complexity index is 625. The largest absolute Gasteiger partial charge is 0.496 e. The summed E-state index contributed by atoms with van der Waals surface area (Å²) in [5, 5.41) is 17.8. The van der Waals surface area contributed by atoms with E-state index in [2.05, 4.69) is 5.48 Å². The smallest absolute Gasteiger partial charge is 0.307 e. The summed E-state index contributed by atoms with van der Waals surface area (Å²) in [6.45, 7) is 0. The molecule has 0 unspecified atom stereocenters. The predicted molar refractivity (Wildman–Crippen MR) is 75.2 cm³/mol. The maximum Gasteiger partial charge on any atom is 0.307 e. The zero-order chi connectivity index (χ0) is 14.5. The van der Waals surface area contributed by atoms with Crippen molar-refractivity contribution in [2.75, 3.05) is 12.6 Å². The normalized spacial score (nSPS) is 10.1. The van der Waals surface area contributed by atoms with Crippen LogP contribution in [0.2, 0.25) is 0 Å². The Balaban J connectivity index is 2.48. The SMILES string of the molecule is COc1ccc(CC(=O)O)cc1-c1cccc(NO)c1. The highest BCUT2D eigenvalue weighted by molar-refractivity contribution is 5.76. The Kier molecular flexibility index (Phi) is 4.22. The van der Waals surface area contributed by atoms with Crippen molar-refractivity contribution < 1.29 is 19.8 Å². The third kappa shape index (κ3) is 3.07. The van der Waals surface area contributed by atoms with Crippen molar-refractivity contribution >= 4 is 11.7 Å². The van der Waals surface area contributed by atoms with E-state index in [0.717, 1.165) is 11.1 Å². The molecule has 0 aromatic heterocycles. The number of hydrogen-bond donors (Lipinski definition) is 3. The van der Waals surface area contributed by atoms with Crippen LogP contribution in [0.4, 0.5) is 5.69 Å². The van der Waals surface area contributed by atoms with Crippen molar-refractivity contribution in [3.63, 3.8) is 0 Å². The maximum atomic E-state index is 10.8. The molecule has 0 aliphatic carbocycles. The van der Waals surface area contributed by atoms with Gasteiger partial charge < -0.3 is 9.84 Å². The van der Waals surface area contributed by atoms with Crippen molar-refractivity contribution in [1.29, 1.82) is 0 Å². The number of carboxylic acids is 1. The van der Waals surface area contributed by atoms with Gasteiger partial charge in [-0.3, -0.25) is 15.5 Å². The fourth-order valence-corrected chi connectivity index (χ4v) is 2.02. The molecule has 0 bridgehead atoms. The van der Waals surface area contributed by atoms with Gasteiger partial charge in [-0.05, 0) is 35.4 Å². The van der Waals surface area contributed by atoms with Gasteiger partial charge in [-0.15, -0.1) is 0 Å². The second-order valence-electron chi connectivity index (χ2n) is 4.30. The Morgan fingerprint density at radius 3 is 2.70 bits per heavy atom. The number of carbonyl (C=O) groups is 1. The van der Waals surface area contributed by atoms with Gasteiger partial charge in [0.15, 0.2) is 0 Å². The van der Waals surface area contributed by atoms with Crippen LogP contribution < -0.4 is 10.2 Å². The van der Waals surface area contributed by atoms with Crippen LogP contribution >= 0.6 is 0 Å². The predicted octanol–water partition coefficient (Wildman–Crippen LogP) is 2.79. The molecule has 5 nitrogen and oxygen atoms in total. The third-order valence-corrected chi connectivity index (χ3v) is 2.92. The van der Waals surface area contributed by atoms with Gasteiger partial charge in [0.1, 0.15) is 5.75 Å². The summed E-state index contributed by atoms with van der Waals surface area (Å²) >= 11 is 0. The van der Waals surface area contributed by atoms with E-state index in [0.29, 0.717) is 17.0 Å². The summed E-state index contributed by atoms with van der Waals surface area (Å²) in [7, 11) is 1.56. The first-order valence-electron chi connectivity index (χ1n) is 6.03. The molecule has 0 spiro atoms. The van der Waals surface area contributed by atoms with Crippen LogP contribution in [0.25, 0.3) is 11.1 Å². The molecule has 0 atom stereocenters. The molecule has 5 heteroatoms. The van der Waals surface area contributed by atoms with Crippen LogP contribution in [0.15, 0.2) is 42.5 Å². The second-order valence-corrected chi connectivity index (χ2v) is 4.30. The van der Waals surface area contributed by atoms with Crippen LogP contribution in [-0.2, 0) is 11.2 Å². The Labute approximate surface area is 116 Å². The summed E-state index contributed by atoms with van der Waals surface area (Å²) in [5.41, 5.74) is 4.93. The molecular formula is C15H15NO4. The van der Waals surface area contributed by atoms with E-state index in [1.165, 1.54) is 0 Å². The lowest BCUT2D eigenvalue weighted by molar-refractivity contribution is -0.136. The number of carboxylic acid groups (broad SMARTS) is 1. The Morgan fingerprint density at radius 2 is 2.05 bits per heavy atom. The van der Waals surface area contributed by atoms with E-state index in [1.807, 2.05) is 6.07 Å². The first kappa shape index (κ1) is 13.9. The molecule has 2 rings (SSSR count). The molecule has 20 heavy (non-hydrogen) atoms. The number of methoxy groups -OCH3 is 1. The lowest BCUT2D eigenvalue weighted by atomic mass is 10.00. The molecule has 3 N–H and O–H groups in total. The zero-order valence-corrected chi connectivity index (χ0v) is 11.0. The molecule has 2 aromatic rings. The van der Waals surface area contributed by atoms with Crippen LogP contribution in [-0.4, -0.2) is 23.4 Å². The molecule has 0 heterocycles. The number of benzene rings is 2. The summed E-state index contributed by atoms with van der Waals surface area (Å²) < 4.78 is 5.30. The quantitative estimate of drug-likeness (QED) is 0.730. The average molecular weight is 273 g/mol. The molecule has 0 radical (unpaired) electrons.